The average molecular weight is 247 g/mol. The van der Waals surface area contributed by atoms with E-state index in [0.29, 0.717) is 0 Å². The van der Waals surface area contributed by atoms with Crippen molar-refractivity contribution in [2.24, 2.45) is 0 Å². The van der Waals surface area contributed by atoms with Crippen LogP contribution >= 0.6 is 11.3 Å². The van der Waals surface area contributed by atoms with Crippen molar-refractivity contribution in [3.63, 3.8) is 0 Å². The summed E-state index contributed by atoms with van der Waals surface area (Å²) in [6.07, 6.45) is 1.03. The monoisotopic (exact) mass is 247 g/mol. The third-order valence-corrected chi connectivity index (χ3v) is 3.24. The Hall–Kier alpha value is -1.32. The van der Waals surface area contributed by atoms with Crippen LogP contribution in [0.5, 0.6) is 0 Å². The van der Waals surface area contributed by atoms with Crippen molar-refractivity contribution in [2.45, 2.75) is 13.0 Å². The predicted octanol–water partition coefficient (Wildman–Crippen LogP) is 3.77. The molecular weight excluding hydrogens is 230 g/mol. The third kappa shape index (κ3) is 4.59. The van der Waals surface area contributed by atoms with Crippen molar-refractivity contribution in [1.82, 2.24) is 0 Å². The number of anilines is 1. The molecule has 1 heterocycles. The summed E-state index contributed by atoms with van der Waals surface area (Å²) < 4.78 is 5.59. The van der Waals surface area contributed by atoms with Gasteiger partial charge < -0.3 is 10.1 Å². The second kappa shape index (κ2) is 7.09. The average Bonchev–Trinajstić information content (AvgIpc) is 2.88. The van der Waals surface area contributed by atoms with Crippen molar-refractivity contribution in [3.8, 4) is 0 Å². The van der Waals surface area contributed by atoms with Crippen LogP contribution in [0.15, 0.2) is 47.8 Å². The molecule has 0 saturated carbocycles. The molecular formula is C14H17NOS. The summed E-state index contributed by atoms with van der Waals surface area (Å²) in [5, 5.41) is 5.44. The zero-order valence-electron chi connectivity index (χ0n) is 9.76. The molecule has 0 atom stereocenters. The Morgan fingerprint density at radius 2 is 1.94 bits per heavy atom. The second-order valence-corrected chi connectivity index (χ2v) is 4.81. The molecule has 0 aliphatic carbocycles. The van der Waals surface area contributed by atoms with Crippen molar-refractivity contribution in [1.29, 1.82) is 0 Å². The van der Waals surface area contributed by atoms with Gasteiger partial charge in [0.25, 0.3) is 0 Å². The molecule has 0 saturated heterocycles. The van der Waals surface area contributed by atoms with E-state index in [2.05, 4.69) is 35.0 Å². The van der Waals surface area contributed by atoms with Crippen LogP contribution in [0.4, 0.5) is 5.69 Å². The molecule has 17 heavy (non-hydrogen) atoms. The first-order valence-electron chi connectivity index (χ1n) is 5.84. The molecule has 2 nitrogen and oxygen atoms in total. The van der Waals surface area contributed by atoms with Gasteiger partial charge in [0, 0.05) is 23.7 Å². The zero-order valence-corrected chi connectivity index (χ0v) is 10.6. The molecule has 0 aliphatic rings. The van der Waals surface area contributed by atoms with Crippen molar-refractivity contribution in [2.75, 3.05) is 18.5 Å². The summed E-state index contributed by atoms with van der Waals surface area (Å²) in [7, 11) is 0. The predicted molar refractivity (Wildman–Crippen MR) is 73.5 cm³/mol. The smallest absolute Gasteiger partial charge is 0.0809 e. The van der Waals surface area contributed by atoms with E-state index in [0.717, 1.165) is 26.2 Å². The van der Waals surface area contributed by atoms with Gasteiger partial charge in [0.05, 0.1) is 6.61 Å². The highest BCUT2D eigenvalue weighted by Gasteiger charge is 1.94. The van der Waals surface area contributed by atoms with Gasteiger partial charge in [-0.25, -0.2) is 0 Å². The molecule has 3 heteroatoms. The van der Waals surface area contributed by atoms with Crippen LogP contribution in [0.1, 0.15) is 11.3 Å². The van der Waals surface area contributed by atoms with Gasteiger partial charge in [0.2, 0.25) is 0 Å². The Morgan fingerprint density at radius 1 is 1.06 bits per heavy atom. The summed E-state index contributed by atoms with van der Waals surface area (Å²) in [6.45, 7) is 2.50. The Kier molecular flexibility index (Phi) is 5.07. The van der Waals surface area contributed by atoms with Crippen molar-refractivity contribution >= 4 is 17.0 Å². The van der Waals surface area contributed by atoms with Crippen molar-refractivity contribution in [3.05, 3.63) is 52.7 Å². The van der Waals surface area contributed by atoms with E-state index >= 15 is 0 Å². The summed E-state index contributed by atoms with van der Waals surface area (Å²) in [5.74, 6) is 0. The molecule has 1 aromatic heterocycles. The highest BCUT2D eigenvalue weighted by Crippen LogP contribution is 2.09. The quantitative estimate of drug-likeness (QED) is 0.752. The molecule has 0 unspecified atom stereocenters. The summed E-state index contributed by atoms with van der Waals surface area (Å²) >= 11 is 1.74. The Bertz CT molecular complexity index is 399. The van der Waals surface area contributed by atoms with Crippen LogP contribution in [0.2, 0.25) is 0 Å². The number of hydrogen-bond donors (Lipinski definition) is 1. The number of ether oxygens (including phenoxy) is 1. The molecule has 0 bridgehead atoms. The van der Waals surface area contributed by atoms with Crippen LogP contribution in [-0.4, -0.2) is 13.2 Å². The fourth-order valence-corrected chi connectivity index (χ4v) is 2.17. The van der Waals surface area contributed by atoms with E-state index < -0.39 is 0 Å². The maximum absolute atomic E-state index is 5.59. The number of hydrogen-bond acceptors (Lipinski definition) is 3. The third-order valence-electron chi connectivity index (χ3n) is 2.39. The molecule has 90 valence electrons. The van der Waals surface area contributed by atoms with E-state index in [1.807, 2.05) is 18.2 Å². The SMILES string of the molecule is c1ccc(NCCCOCc2cccs2)cc1. The van der Waals surface area contributed by atoms with Gasteiger partial charge in [-0.2, -0.15) is 0 Å². The van der Waals surface area contributed by atoms with Crippen LogP contribution in [0, 0.1) is 0 Å². The molecule has 0 fully saturated rings. The van der Waals surface area contributed by atoms with Gasteiger partial charge in [-0.15, -0.1) is 11.3 Å². The van der Waals surface area contributed by atoms with Crippen LogP contribution in [0.3, 0.4) is 0 Å². The molecule has 0 amide bonds. The van der Waals surface area contributed by atoms with Crippen molar-refractivity contribution < 1.29 is 4.74 Å². The van der Waals surface area contributed by atoms with Crippen LogP contribution < -0.4 is 5.32 Å². The first-order chi connectivity index (χ1) is 8.45. The fourth-order valence-electron chi connectivity index (χ4n) is 1.53. The van der Waals surface area contributed by atoms with E-state index in [4.69, 9.17) is 4.74 Å². The summed E-state index contributed by atoms with van der Waals surface area (Å²) in [6, 6.07) is 14.4. The fraction of sp³-hybridized carbons (Fsp3) is 0.286. The normalized spacial score (nSPS) is 10.4. The maximum Gasteiger partial charge on any atom is 0.0809 e. The minimum atomic E-state index is 0.739. The van der Waals surface area contributed by atoms with Gasteiger partial charge in [-0.05, 0) is 30.0 Å². The molecule has 2 rings (SSSR count). The highest BCUT2D eigenvalue weighted by molar-refractivity contribution is 7.09. The zero-order chi connectivity index (χ0) is 11.8. The lowest BCUT2D eigenvalue weighted by Gasteiger charge is -2.06. The van der Waals surface area contributed by atoms with Gasteiger partial charge in [-0.1, -0.05) is 24.3 Å². The minimum Gasteiger partial charge on any atom is -0.385 e. The number of benzene rings is 1. The molecule has 0 radical (unpaired) electrons. The lowest BCUT2D eigenvalue weighted by atomic mass is 10.3. The standard InChI is InChI=1S/C14H17NOS/c1-2-6-13(7-3-1)15-9-5-10-16-12-14-8-4-11-17-14/h1-4,6-8,11,15H,5,9-10,12H2. The minimum absolute atomic E-state index is 0.739. The van der Waals surface area contributed by atoms with E-state index in [1.54, 1.807) is 11.3 Å². The van der Waals surface area contributed by atoms with Crippen LogP contribution in [-0.2, 0) is 11.3 Å². The van der Waals surface area contributed by atoms with Gasteiger partial charge in [0.15, 0.2) is 0 Å². The Labute approximate surface area is 106 Å². The van der Waals surface area contributed by atoms with Gasteiger partial charge in [0.1, 0.15) is 0 Å². The number of para-hydroxylation sites is 1. The number of thiophene rings is 1. The molecule has 1 N–H and O–H groups in total. The highest BCUT2D eigenvalue weighted by atomic mass is 32.1. The summed E-state index contributed by atoms with van der Waals surface area (Å²) in [4.78, 5) is 1.29. The van der Waals surface area contributed by atoms with E-state index in [1.165, 1.54) is 10.6 Å². The molecule has 2 aromatic rings. The van der Waals surface area contributed by atoms with E-state index in [9.17, 15) is 0 Å². The molecule has 0 spiro atoms. The topological polar surface area (TPSA) is 21.3 Å². The Balaban J connectivity index is 1.52. The largest absolute Gasteiger partial charge is 0.385 e. The number of rotatable bonds is 7. The number of nitrogens with one attached hydrogen (secondary N) is 1. The van der Waals surface area contributed by atoms with E-state index in [-0.39, 0.29) is 0 Å². The molecule has 0 aliphatic heterocycles. The van der Waals surface area contributed by atoms with Gasteiger partial charge in [-0.3, -0.25) is 0 Å². The lowest BCUT2D eigenvalue weighted by molar-refractivity contribution is 0.122. The Morgan fingerprint density at radius 3 is 2.71 bits per heavy atom. The first-order valence-corrected chi connectivity index (χ1v) is 6.72. The van der Waals surface area contributed by atoms with Crippen LogP contribution in [0.25, 0.3) is 0 Å². The molecule has 1 aromatic carbocycles. The second-order valence-electron chi connectivity index (χ2n) is 3.78. The van der Waals surface area contributed by atoms with Gasteiger partial charge >= 0.3 is 0 Å². The lowest BCUT2D eigenvalue weighted by Crippen LogP contribution is -2.05. The maximum atomic E-state index is 5.59. The summed E-state index contributed by atoms with van der Waals surface area (Å²) in [5.41, 5.74) is 1.17. The first kappa shape index (κ1) is 12.1.